The van der Waals surface area contributed by atoms with E-state index in [2.05, 4.69) is 11.1 Å². The highest BCUT2D eigenvalue weighted by molar-refractivity contribution is 7.15. The van der Waals surface area contributed by atoms with Gasteiger partial charge in [0.1, 0.15) is 18.4 Å². The normalized spacial score (nSPS) is 9.75. The summed E-state index contributed by atoms with van der Waals surface area (Å²) < 4.78 is 6.01. The number of nitriles is 1. The lowest BCUT2D eigenvalue weighted by Gasteiger charge is -2.05. The van der Waals surface area contributed by atoms with Gasteiger partial charge in [-0.25, -0.2) is 4.98 Å². The van der Waals surface area contributed by atoms with Gasteiger partial charge in [-0.3, -0.25) is 0 Å². The number of hydrogen-bond acceptors (Lipinski definition) is 4. The van der Waals surface area contributed by atoms with E-state index in [-0.39, 0.29) is 0 Å². The molecule has 0 saturated heterocycles. The molecule has 0 aliphatic rings. The van der Waals surface area contributed by atoms with Gasteiger partial charge in [0.05, 0.1) is 10.4 Å². The minimum Gasteiger partial charge on any atom is -0.487 e. The molecule has 3 nitrogen and oxygen atoms in total. The summed E-state index contributed by atoms with van der Waals surface area (Å²) in [5, 5.41) is 8.86. The van der Waals surface area contributed by atoms with Gasteiger partial charge in [-0.1, -0.05) is 23.7 Å². The van der Waals surface area contributed by atoms with E-state index in [4.69, 9.17) is 21.6 Å². The Labute approximate surface area is 102 Å². The first-order chi connectivity index (χ1) is 7.79. The van der Waals surface area contributed by atoms with Crippen LogP contribution in [0.1, 0.15) is 10.4 Å². The molecule has 0 N–H and O–H groups in total. The van der Waals surface area contributed by atoms with E-state index in [9.17, 15) is 0 Å². The summed E-state index contributed by atoms with van der Waals surface area (Å²) in [7, 11) is 0. The molecule has 1 aromatic carbocycles. The zero-order valence-corrected chi connectivity index (χ0v) is 9.76. The first-order valence-corrected chi connectivity index (χ1v) is 5.71. The second kappa shape index (κ2) is 4.97. The molecule has 1 heterocycles. The molecule has 0 aliphatic heterocycles. The molecule has 5 heteroatoms. The number of para-hydroxylation sites is 1. The first-order valence-electron chi connectivity index (χ1n) is 4.52. The van der Waals surface area contributed by atoms with Crippen molar-refractivity contribution in [2.75, 3.05) is 0 Å². The lowest BCUT2D eigenvalue weighted by Crippen LogP contribution is -1.94. The molecule has 2 rings (SSSR count). The summed E-state index contributed by atoms with van der Waals surface area (Å²) in [6.07, 6.45) is 1.67. The van der Waals surface area contributed by atoms with Crippen molar-refractivity contribution in [3.8, 4) is 11.8 Å². The van der Waals surface area contributed by atoms with E-state index in [0.717, 1.165) is 4.88 Å². The zero-order chi connectivity index (χ0) is 11.4. The topological polar surface area (TPSA) is 45.9 Å². The Balaban J connectivity index is 2.08. The van der Waals surface area contributed by atoms with Crippen LogP contribution < -0.4 is 4.74 Å². The zero-order valence-electron chi connectivity index (χ0n) is 8.18. The van der Waals surface area contributed by atoms with Crippen molar-refractivity contribution in [1.82, 2.24) is 4.98 Å². The predicted molar refractivity (Wildman–Crippen MR) is 62.6 cm³/mol. The van der Waals surface area contributed by atoms with Crippen molar-refractivity contribution in [3.63, 3.8) is 0 Å². The second-order valence-corrected chi connectivity index (χ2v) is 4.67. The Morgan fingerprint density at radius 1 is 1.44 bits per heavy atom. The Morgan fingerprint density at radius 2 is 2.25 bits per heavy atom. The fourth-order valence-corrected chi connectivity index (χ4v) is 2.08. The molecule has 0 atom stereocenters. The molecule has 1 aromatic heterocycles. The van der Waals surface area contributed by atoms with Crippen LogP contribution >= 0.6 is 22.9 Å². The smallest absolute Gasteiger partial charge is 0.183 e. The first kappa shape index (κ1) is 10.9. The van der Waals surface area contributed by atoms with Gasteiger partial charge in [-0.15, -0.1) is 11.3 Å². The number of aromatic nitrogens is 1. The average molecular weight is 251 g/mol. The number of nitrogens with zero attached hydrogens (tertiary/aromatic N) is 2. The molecule has 0 saturated carbocycles. The third-order valence-electron chi connectivity index (χ3n) is 1.90. The number of ether oxygens (including phenoxy) is 1. The third-order valence-corrected chi connectivity index (χ3v) is 2.99. The molecule has 0 amide bonds. The Bertz CT molecular complexity index is 533. The van der Waals surface area contributed by atoms with Gasteiger partial charge in [0.15, 0.2) is 4.47 Å². The second-order valence-electron chi connectivity index (χ2n) is 2.98. The highest BCUT2D eigenvalue weighted by atomic mass is 35.5. The summed E-state index contributed by atoms with van der Waals surface area (Å²) >= 11 is 7.07. The minimum atomic E-state index is 0.378. The maximum Gasteiger partial charge on any atom is 0.183 e. The molecular formula is C11H7ClN2OS. The SMILES string of the molecule is N#Cc1ccccc1OCc1cnc(Cl)s1. The van der Waals surface area contributed by atoms with E-state index in [1.165, 1.54) is 11.3 Å². The maximum atomic E-state index is 8.86. The van der Waals surface area contributed by atoms with E-state index in [1.807, 2.05) is 6.07 Å². The van der Waals surface area contributed by atoms with Gasteiger partial charge in [0.25, 0.3) is 0 Å². The summed E-state index contributed by atoms with van der Waals surface area (Å²) in [6, 6.07) is 9.19. The van der Waals surface area contributed by atoms with Gasteiger partial charge < -0.3 is 4.74 Å². The molecule has 2 aromatic rings. The van der Waals surface area contributed by atoms with Gasteiger partial charge in [0.2, 0.25) is 0 Å². The standard InChI is InChI=1S/C11H7ClN2OS/c12-11-14-6-9(16-11)7-15-10-4-2-1-3-8(10)5-13/h1-4,6H,7H2. The highest BCUT2D eigenvalue weighted by Crippen LogP contribution is 2.22. The maximum absolute atomic E-state index is 8.86. The van der Waals surface area contributed by atoms with Crippen molar-refractivity contribution in [3.05, 3.63) is 45.4 Å². The van der Waals surface area contributed by atoms with Crippen molar-refractivity contribution in [2.45, 2.75) is 6.61 Å². The van der Waals surface area contributed by atoms with Crippen molar-refractivity contribution < 1.29 is 4.74 Å². The molecule has 0 radical (unpaired) electrons. The lowest BCUT2D eigenvalue weighted by molar-refractivity contribution is 0.308. The van der Waals surface area contributed by atoms with Crippen LogP contribution in [0.3, 0.4) is 0 Å². The number of benzene rings is 1. The molecule has 0 bridgehead atoms. The highest BCUT2D eigenvalue weighted by Gasteiger charge is 2.04. The summed E-state index contributed by atoms with van der Waals surface area (Å²) in [5.41, 5.74) is 0.526. The average Bonchev–Trinajstić information content (AvgIpc) is 2.73. The van der Waals surface area contributed by atoms with E-state index in [0.29, 0.717) is 22.4 Å². The number of halogens is 1. The molecule has 0 spiro atoms. The molecule has 0 fully saturated rings. The summed E-state index contributed by atoms with van der Waals surface area (Å²) in [5.74, 6) is 0.578. The van der Waals surface area contributed by atoms with Crippen LogP contribution in [0.25, 0.3) is 0 Å². The van der Waals surface area contributed by atoms with E-state index >= 15 is 0 Å². The van der Waals surface area contributed by atoms with Gasteiger partial charge in [-0.05, 0) is 12.1 Å². The van der Waals surface area contributed by atoms with Crippen molar-refractivity contribution in [1.29, 1.82) is 5.26 Å². The molecule has 0 aliphatic carbocycles. The molecule has 16 heavy (non-hydrogen) atoms. The van der Waals surface area contributed by atoms with Crippen molar-refractivity contribution >= 4 is 22.9 Å². The lowest BCUT2D eigenvalue weighted by atomic mass is 10.2. The monoisotopic (exact) mass is 250 g/mol. The fourth-order valence-electron chi connectivity index (χ4n) is 1.18. The number of hydrogen-bond donors (Lipinski definition) is 0. The van der Waals surface area contributed by atoms with E-state index < -0.39 is 0 Å². The Morgan fingerprint density at radius 3 is 2.94 bits per heavy atom. The Hall–Kier alpha value is -1.57. The van der Waals surface area contributed by atoms with Gasteiger partial charge in [-0.2, -0.15) is 5.26 Å². The summed E-state index contributed by atoms with van der Waals surface area (Å²) in [6.45, 7) is 0.378. The van der Waals surface area contributed by atoms with Gasteiger partial charge >= 0.3 is 0 Å². The third kappa shape index (κ3) is 2.51. The quantitative estimate of drug-likeness (QED) is 0.840. The Kier molecular flexibility index (Phi) is 3.40. The van der Waals surface area contributed by atoms with Crippen LogP contribution in [0, 0.1) is 11.3 Å². The number of rotatable bonds is 3. The predicted octanol–water partition coefficient (Wildman–Crippen LogP) is 3.25. The largest absolute Gasteiger partial charge is 0.487 e. The minimum absolute atomic E-state index is 0.378. The van der Waals surface area contributed by atoms with Crippen LogP contribution in [0.4, 0.5) is 0 Å². The van der Waals surface area contributed by atoms with Crippen molar-refractivity contribution in [2.24, 2.45) is 0 Å². The summed E-state index contributed by atoms with van der Waals surface area (Å²) in [4.78, 5) is 4.84. The van der Waals surface area contributed by atoms with E-state index in [1.54, 1.807) is 24.4 Å². The van der Waals surface area contributed by atoms with Gasteiger partial charge in [0, 0.05) is 6.20 Å². The van der Waals surface area contributed by atoms with Crippen LogP contribution in [0.2, 0.25) is 4.47 Å². The van der Waals surface area contributed by atoms with Crippen LogP contribution in [-0.2, 0) is 6.61 Å². The van der Waals surface area contributed by atoms with Crippen LogP contribution in [-0.4, -0.2) is 4.98 Å². The number of thiazole rings is 1. The molecule has 80 valence electrons. The van der Waals surface area contributed by atoms with Crippen LogP contribution in [0.15, 0.2) is 30.5 Å². The molecule has 0 unspecified atom stereocenters. The van der Waals surface area contributed by atoms with Crippen LogP contribution in [0.5, 0.6) is 5.75 Å². The fraction of sp³-hybridized carbons (Fsp3) is 0.0909. The molecular weight excluding hydrogens is 244 g/mol.